The maximum Gasteiger partial charge on any atom is 0.227 e. The van der Waals surface area contributed by atoms with Crippen molar-refractivity contribution in [3.63, 3.8) is 0 Å². The fourth-order valence-corrected chi connectivity index (χ4v) is 3.42. The minimum Gasteiger partial charge on any atom is -0.340 e. The Bertz CT molecular complexity index is 705. The lowest BCUT2D eigenvalue weighted by Crippen LogP contribution is -2.33. The van der Waals surface area contributed by atoms with E-state index in [1.54, 1.807) is 18.2 Å². The number of nitrogens with two attached hydrogens (primary N) is 1. The van der Waals surface area contributed by atoms with E-state index in [9.17, 15) is 4.79 Å². The van der Waals surface area contributed by atoms with Gasteiger partial charge in [0.05, 0.1) is 6.42 Å². The van der Waals surface area contributed by atoms with E-state index in [-0.39, 0.29) is 24.3 Å². The predicted octanol–water partition coefficient (Wildman–Crippen LogP) is 3.49. The number of amides is 1. The summed E-state index contributed by atoms with van der Waals surface area (Å²) in [6.45, 7) is 1.21. The van der Waals surface area contributed by atoms with Crippen LogP contribution in [0, 0.1) is 0 Å². The third-order valence-corrected chi connectivity index (χ3v) is 4.90. The predicted molar refractivity (Wildman–Crippen MR) is 93.9 cm³/mol. The molecule has 5 heteroatoms. The van der Waals surface area contributed by atoms with Gasteiger partial charge in [-0.05, 0) is 29.3 Å². The summed E-state index contributed by atoms with van der Waals surface area (Å²) in [7, 11) is 0. The number of hydrogen-bond donors (Lipinski definition) is 1. The molecule has 1 saturated heterocycles. The highest BCUT2D eigenvalue weighted by Crippen LogP contribution is 2.28. The molecule has 1 fully saturated rings. The van der Waals surface area contributed by atoms with Crippen LogP contribution in [-0.4, -0.2) is 29.9 Å². The topological polar surface area (TPSA) is 46.3 Å². The van der Waals surface area contributed by atoms with Gasteiger partial charge < -0.3 is 10.6 Å². The smallest absolute Gasteiger partial charge is 0.227 e. The Morgan fingerprint density at radius 1 is 1.13 bits per heavy atom. The maximum atomic E-state index is 12.6. The van der Waals surface area contributed by atoms with E-state index in [2.05, 4.69) is 12.1 Å². The zero-order valence-electron chi connectivity index (χ0n) is 12.6. The Morgan fingerprint density at radius 3 is 2.61 bits per heavy atom. The van der Waals surface area contributed by atoms with Gasteiger partial charge in [-0.1, -0.05) is 53.5 Å². The Kier molecular flexibility index (Phi) is 4.90. The summed E-state index contributed by atoms with van der Waals surface area (Å²) >= 11 is 12.1. The number of halogens is 2. The van der Waals surface area contributed by atoms with Crippen LogP contribution in [0.25, 0.3) is 0 Å². The molecule has 0 spiro atoms. The number of nitrogens with zero attached hydrogens (tertiary/aromatic N) is 1. The molecule has 0 bridgehead atoms. The third kappa shape index (κ3) is 3.69. The van der Waals surface area contributed by atoms with Crippen LogP contribution in [0.5, 0.6) is 0 Å². The number of rotatable bonds is 3. The molecule has 0 unspecified atom stereocenters. The van der Waals surface area contributed by atoms with Crippen LogP contribution in [0.4, 0.5) is 0 Å². The van der Waals surface area contributed by atoms with E-state index in [1.165, 1.54) is 5.56 Å². The Hall–Kier alpha value is -1.55. The Balaban J connectivity index is 1.71. The van der Waals surface area contributed by atoms with Crippen molar-refractivity contribution in [3.8, 4) is 0 Å². The Morgan fingerprint density at radius 2 is 1.87 bits per heavy atom. The maximum absolute atomic E-state index is 12.6. The summed E-state index contributed by atoms with van der Waals surface area (Å²) in [5.41, 5.74) is 8.17. The summed E-state index contributed by atoms with van der Waals surface area (Å²) in [5, 5.41) is 1.14. The Labute approximate surface area is 146 Å². The summed E-state index contributed by atoms with van der Waals surface area (Å²) in [6, 6.07) is 15.2. The quantitative estimate of drug-likeness (QED) is 0.922. The van der Waals surface area contributed by atoms with Gasteiger partial charge in [0.25, 0.3) is 0 Å². The monoisotopic (exact) mass is 348 g/mol. The molecule has 0 aliphatic carbocycles. The summed E-state index contributed by atoms with van der Waals surface area (Å²) < 4.78 is 0. The van der Waals surface area contributed by atoms with E-state index >= 15 is 0 Å². The second-order valence-corrected chi connectivity index (χ2v) is 6.74. The highest BCUT2D eigenvalue weighted by Gasteiger charge is 2.33. The molecule has 2 aromatic rings. The van der Waals surface area contributed by atoms with Crippen LogP contribution in [0.3, 0.4) is 0 Å². The van der Waals surface area contributed by atoms with E-state index in [0.29, 0.717) is 23.1 Å². The van der Waals surface area contributed by atoms with Gasteiger partial charge in [-0.15, -0.1) is 0 Å². The largest absolute Gasteiger partial charge is 0.340 e. The average Bonchev–Trinajstić information content (AvgIpc) is 2.94. The van der Waals surface area contributed by atoms with E-state index < -0.39 is 0 Å². The van der Waals surface area contributed by atoms with Crippen molar-refractivity contribution < 1.29 is 4.79 Å². The molecular weight excluding hydrogens is 331 g/mol. The lowest BCUT2D eigenvalue weighted by atomic mass is 9.95. The van der Waals surface area contributed by atoms with Crippen LogP contribution in [0.1, 0.15) is 17.0 Å². The number of likely N-dealkylation sites (tertiary alicyclic amines) is 1. The fourth-order valence-electron chi connectivity index (χ4n) is 3.04. The van der Waals surface area contributed by atoms with Gasteiger partial charge in [-0.3, -0.25) is 4.79 Å². The lowest BCUT2D eigenvalue weighted by Gasteiger charge is -2.17. The first-order valence-corrected chi connectivity index (χ1v) is 8.32. The summed E-state index contributed by atoms with van der Waals surface area (Å²) in [5.74, 6) is 0.207. The van der Waals surface area contributed by atoms with Crippen molar-refractivity contribution in [1.82, 2.24) is 4.90 Å². The van der Waals surface area contributed by atoms with Gasteiger partial charge in [0.1, 0.15) is 0 Å². The number of carbonyl (C=O) groups excluding carboxylic acids is 1. The van der Waals surface area contributed by atoms with E-state index in [4.69, 9.17) is 28.9 Å². The molecule has 3 rings (SSSR count). The first kappa shape index (κ1) is 16.3. The number of hydrogen-bond acceptors (Lipinski definition) is 2. The van der Waals surface area contributed by atoms with Gasteiger partial charge in [0.15, 0.2) is 0 Å². The minimum absolute atomic E-state index is 0.0306. The number of benzene rings is 2. The van der Waals surface area contributed by atoms with Gasteiger partial charge in [0.2, 0.25) is 5.91 Å². The molecule has 1 heterocycles. The van der Waals surface area contributed by atoms with Crippen LogP contribution < -0.4 is 5.73 Å². The van der Waals surface area contributed by atoms with Crippen LogP contribution in [0.15, 0.2) is 48.5 Å². The molecule has 1 aliphatic heterocycles. The highest BCUT2D eigenvalue weighted by atomic mass is 35.5. The van der Waals surface area contributed by atoms with Gasteiger partial charge in [-0.25, -0.2) is 0 Å². The van der Waals surface area contributed by atoms with Crippen molar-refractivity contribution in [2.45, 2.75) is 18.4 Å². The van der Waals surface area contributed by atoms with Crippen molar-refractivity contribution in [2.75, 3.05) is 13.1 Å². The summed E-state index contributed by atoms with van der Waals surface area (Å²) in [4.78, 5) is 14.4. The number of carbonyl (C=O) groups is 1. The average molecular weight is 349 g/mol. The molecule has 0 radical (unpaired) electrons. The van der Waals surface area contributed by atoms with Crippen molar-refractivity contribution in [2.24, 2.45) is 5.73 Å². The minimum atomic E-state index is -0.0452. The summed E-state index contributed by atoms with van der Waals surface area (Å²) in [6.07, 6.45) is 0.244. The molecule has 23 heavy (non-hydrogen) atoms. The highest BCUT2D eigenvalue weighted by molar-refractivity contribution is 6.33. The fraction of sp³-hybridized carbons (Fsp3) is 0.278. The van der Waals surface area contributed by atoms with Crippen molar-refractivity contribution >= 4 is 29.1 Å². The normalized spacial score (nSPS) is 20.7. The van der Waals surface area contributed by atoms with Crippen LogP contribution in [-0.2, 0) is 11.2 Å². The molecule has 0 aromatic heterocycles. The van der Waals surface area contributed by atoms with Gasteiger partial charge in [0, 0.05) is 35.1 Å². The molecule has 1 aliphatic rings. The molecule has 2 N–H and O–H groups in total. The van der Waals surface area contributed by atoms with Crippen LogP contribution in [0.2, 0.25) is 10.0 Å². The zero-order valence-corrected chi connectivity index (χ0v) is 14.1. The molecule has 2 atom stereocenters. The van der Waals surface area contributed by atoms with Crippen LogP contribution >= 0.6 is 23.2 Å². The first-order chi connectivity index (χ1) is 11.0. The first-order valence-electron chi connectivity index (χ1n) is 7.57. The molecule has 3 nitrogen and oxygen atoms in total. The molecule has 0 saturated carbocycles. The SMILES string of the molecule is N[C@@H]1CN(C(=O)Cc2cc(Cl)ccc2Cl)C[C@H]1c1ccccc1. The molecule has 2 aromatic carbocycles. The van der Waals surface area contributed by atoms with Crippen molar-refractivity contribution in [3.05, 3.63) is 69.7 Å². The molecule has 1 amide bonds. The molecule has 120 valence electrons. The third-order valence-electron chi connectivity index (χ3n) is 4.29. The molecular formula is C18H18Cl2N2O. The lowest BCUT2D eigenvalue weighted by molar-refractivity contribution is -0.129. The van der Waals surface area contributed by atoms with Gasteiger partial charge >= 0.3 is 0 Å². The van der Waals surface area contributed by atoms with Gasteiger partial charge in [-0.2, -0.15) is 0 Å². The zero-order chi connectivity index (χ0) is 16.4. The second kappa shape index (κ2) is 6.91. The van der Waals surface area contributed by atoms with E-state index in [0.717, 1.165) is 5.56 Å². The standard InChI is InChI=1S/C18H18Cl2N2O/c19-14-6-7-16(20)13(8-14)9-18(23)22-10-15(17(21)11-22)12-4-2-1-3-5-12/h1-8,15,17H,9-11,21H2/t15-,17+/m0/s1. The second-order valence-electron chi connectivity index (χ2n) is 5.89. The van der Waals surface area contributed by atoms with E-state index in [1.807, 2.05) is 23.1 Å². The van der Waals surface area contributed by atoms with Crippen molar-refractivity contribution in [1.29, 1.82) is 0 Å².